The molecule has 0 radical (unpaired) electrons. The first-order valence-corrected chi connectivity index (χ1v) is 11.5. The second kappa shape index (κ2) is 8.05. The lowest BCUT2D eigenvalue weighted by molar-refractivity contribution is -0.00557. The lowest BCUT2D eigenvalue weighted by Gasteiger charge is -2.41. The highest BCUT2D eigenvalue weighted by Gasteiger charge is 2.44. The Morgan fingerprint density at radius 2 is 1.84 bits per heavy atom. The molecule has 0 spiro atoms. The second-order valence-corrected chi connectivity index (χ2v) is 10.1. The van der Waals surface area contributed by atoms with Crippen molar-refractivity contribution in [2.24, 2.45) is 0 Å². The van der Waals surface area contributed by atoms with Crippen molar-refractivity contribution in [1.29, 1.82) is 0 Å². The zero-order valence-electron chi connectivity index (χ0n) is 18.7. The van der Waals surface area contributed by atoms with E-state index in [0.717, 1.165) is 49.4 Å². The lowest BCUT2D eigenvalue weighted by atomic mass is 10.1. The van der Waals surface area contributed by atoms with Crippen molar-refractivity contribution in [2.75, 3.05) is 13.1 Å². The van der Waals surface area contributed by atoms with Crippen LogP contribution in [0.15, 0.2) is 42.7 Å². The van der Waals surface area contributed by atoms with Crippen LogP contribution in [0.4, 0.5) is 4.79 Å². The molecule has 5 rings (SSSR count). The van der Waals surface area contributed by atoms with E-state index in [9.17, 15) is 4.79 Å². The molecular weight excluding hydrogens is 426 g/mol. The minimum Gasteiger partial charge on any atom is -0.444 e. The Labute approximate surface area is 193 Å². The number of benzene rings is 1. The minimum absolute atomic E-state index is 0.180. The van der Waals surface area contributed by atoms with Gasteiger partial charge in [0.15, 0.2) is 0 Å². The molecular formula is C24H28ClN5O2. The van der Waals surface area contributed by atoms with E-state index < -0.39 is 5.60 Å². The average molecular weight is 454 g/mol. The summed E-state index contributed by atoms with van der Waals surface area (Å²) in [6.07, 6.45) is 5.61. The van der Waals surface area contributed by atoms with Gasteiger partial charge in [-0.25, -0.2) is 14.8 Å². The first-order valence-electron chi connectivity index (χ1n) is 11.1. The van der Waals surface area contributed by atoms with Gasteiger partial charge in [-0.05, 0) is 51.8 Å². The molecule has 2 aliphatic rings. The van der Waals surface area contributed by atoms with E-state index in [2.05, 4.69) is 14.3 Å². The van der Waals surface area contributed by atoms with Crippen molar-refractivity contribution >= 4 is 23.5 Å². The third-order valence-electron chi connectivity index (χ3n) is 6.16. The molecule has 1 amide bonds. The fraction of sp³-hybridized carbons (Fsp3) is 0.458. The van der Waals surface area contributed by atoms with E-state index in [0.29, 0.717) is 10.8 Å². The quantitative estimate of drug-likeness (QED) is 0.578. The van der Waals surface area contributed by atoms with Gasteiger partial charge in [-0.1, -0.05) is 23.7 Å². The lowest BCUT2D eigenvalue weighted by Crippen LogP contribution is -2.56. The molecule has 2 atom stereocenters. The highest BCUT2D eigenvalue weighted by Crippen LogP contribution is 2.34. The number of ether oxygens (including phenoxy) is 1. The number of imidazole rings is 1. The van der Waals surface area contributed by atoms with Crippen molar-refractivity contribution in [2.45, 2.75) is 57.8 Å². The van der Waals surface area contributed by atoms with Crippen molar-refractivity contribution < 1.29 is 9.53 Å². The van der Waals surface area contributed by atoms with Crippen LogP contribution in [0.1, 0.15) is 39.3 Å². The zero-order valence-corrected chi connectivity index (χ0v) is 19.4. The summed E-state index contributed by atoms with van der Waals surface area (Å²) in [6.45, 7) is 8.13. The van der Waals surface area contributed by atoms with Gasteiger partial charge < -0.3 is 4.74 Å². The van der Waals surface area contributed by atoms with Crippen molar-refractivity contribution in [3.05, 3.63) is 53.4 Å². The summed E-state index contributed by atoms with van der Waals surface area (Å²) >= 11 is 6.10. The van der Waals surface area contributed by atoms with Crippen LogP contribution in [-0.2, 0) is 11.3 Å². The van der Waals surface area contributed by atoms with Gasteiger partial charge >= 0.3 is 6.09 Å². The van der Waals surface area contributed by atoms with Crippen LogP contribution in [0.2, 0.25) is 5.02 Å². The number of carbonyl (C=O) groups excluding carboxylic acids is 1. The average Bonchev–Trinajstić information content (AvgIpc) is 3.22. The zero-order chi connectivity index (χ0) is 22.5. The van der Waals surface area contributed by atoms with Crippen LogP contribution < -0.4 is 0 Å². The number of hydrogen-bond acceptors (Lipinski definition) is 5. The molecule has 2 fully saturated rings. The predicted molar refractivity (Wildman–Crippen MR) is 124 cm³/mol. The van der Waals surface area contributed by atoms with E-state index in [-0.39, 0.29) is 18.2 Å². The third kappa shape index (κ3) is 4.07. The molecule has 7 nitrogen and oxygen atoms in total. The first-order chi connectivity index (χ1) is 15.3. The molecule has 2 unspecified atom stereocenters. The van der Waals surface area contributed by atoms with Gasteiger partial charge in [0.05, 0.1) is 11.4 Å². The Morgan fingerprint density at radius 1 is 1.16 bits per heavy atom. The molecule has 2 aliphatic heterocycles. The highest BCUT2D eigenvalue weighted by molar-refractivity contribution is 6.30. The molecule has 4 heterocycles. The SMILES string of the molecule is CC(C)(C)OC(=O)N1C2CCC1CN(Cc1c(-c3ccc(Cl)cc3)nc3ncccn13)C2. The van der Waals surface area contributed by atoms with Gasteiger partial charge in [0.2, 0.25) is 5.78 Å². The maximum absolute atomic E-state index is 12.8. The number of likely N-dealkylation sites (tertiary alicyclic amines) is 1. The Kier molecular flexibility index (Phi) is 5.34. The fourth-order valence-corrected chi connectivity index (χ4v) is 5.00. The first kappa shape index (κ1) is 21.2. The van der Waals surface area contributed by atoms with Crippen molar-refractivity contribution in [1.82, 2.24) is 24.2 Å². The van der Waals surface area contributed by atoms with Crippen LogP contribution in [0.3, 0.4) is 0 Å². The van der Waals surface area contributed by atoms with Crippen LogP contribution in [0, 0.1) is 0 Å². The predicted octanol–water partition coefficient (Wildman–Crippen LogP) is 4.63. The third-order valence-corrected chi connectivity index (χ3v) is 6.41. The standard InChI is InChI=1S/C24H28ClN5O2/c1-24(2,3)32-23(31)30-18-9-10-19(30)14-28(13-18)15-20-21(16-5-7-17(25)8-6-16)27-22-26-11-4-12-29(20)22/h4-8,11-12,18-19H,9-10,13-15H2,1-3H3. The molecule has 32 heavy (non-hydrogen) atoms. The number of carbonyl (C=O) groups is 1. The molecule has 8 heteroatoms. The summed E-state index contributed by atoms with van der Waals surface area (Å²) in [7, 11) is 0. The minimum atomic E-state index is -0.481. The van der Waals surface area contributed by atoms with Crippen LogP contribution >= 0.6 is 11.6 Å². The molecule has 0 N–H and O–H groups in total. The summed E-state index contributed by atoms with van der Waals surface area (Å²) in [6, 6.07) is 10.1. The van der Waals surface area contributed by atoms with E-state index in [1.54, 1.807) is 6.20 Å². The smallest absolute Gasteiger partial charge is 0.410 e. The van der Waals surface area contributed by atoms with E-state index in [1.807, 2.05) is 62.2 Å². The molecule has 168 valence electrons. The Hall–Kier alpha value is -2.64. The summed E-state index contributed by atoms with van der Waals surface area (Å²) in [5.41, 5.74) is 2.55. The monoisotopic (exact) mass is 453 g/mol. The summed E-state index contributed by atoms with van der Waals surface area (Å²) in [5.74, 6) is 0.683. The van der Waals surface area contributed by atoms with E-state index in [4.69, 9.17) is 21.3 Å². The van der Waals surface area contributed by atoms with Gasteiger partial charge in [0, 0.05) is 54.7 Å². The van der Waals surface area contributed by atoms with Gasteiger partial charge in [-0.3, -0.25) is 14.2 Å². The number of fused-ring (bicyclic) bond motifs is 3. The molecule has 2 bridgehead atoms. The van der Waals surface area contributed by atoms with Crippen molar-refractivity contribution in [3.8, 4) is 11.3 Å². The van der Waals surface area contributed by atoms with E-state index >= 15 is 0 Å². The van der Waals surface area contributed by atoms with E-state index in [1.165, 1.54) is 0 Å². The summed E-state index contributed by atoms with van der Waals surface area (Å²) in [4.78, 5) is 26.5. The normalized spacial score (nSPS) is 21.3. The Bertz CT molecular complexity index is 1120. The number of piperazine rings is 1. The number of hydrogen-bond donors (Lipinski definition) is 0. The number of rotatable bonds is 3. The summed E-state index contributed by atoms with van der Waals surface area (Å²) < 4.78 is 7.74. The van der Waals surface area contributed by atoms with Gasteiger partial charge in [-0.15, -0.1) is 0 Å². The number of halogens is 1. The molecule has 2 saturated heterocycles. The van der Waals surface area contributed by atoms with Gasteiger partial charge in [-0.2, -0.15) is 0 Å². The molecule has 2 aromatic heterocycles. The molecule has 0 aliphatic carbocycles. The van der Waals surface area contributed by atoms with Gasteiger partial charge in [0.25, 0.3) is 0 Å². The van der Waals surface area contributed by atoms with Crippen LogP contribution in [0.5, 0.6) is 0 Å². The highest BCUT2D eigenvalue weighted by atomic mass is 35.5. The summed E-state index contributed by atoms with van der Waals surface area (Å²) in [5, 5.41) is 0.701. The molecule has 3 aromatic rings. The maximum atomic E-state index is 12.8. The van der Waals surface area contributed by atoms with Crippen LogP contribution in [0.25, 0.3) is 17.0 Å². The van der Waals surface area contributed by atoms with Crippen LogP contribution in [-0.4, -0.2) is 61.0 Å². The molecule has 0 saturated carbocycles. The topological polar surface area (TPSA) is 63.0 Å². The second-order valence-electron chi connectivity index (χ2n) is 9.67. The number of amides is 1. The Balaban J connectivity index is 1.41. The maximum Gasteiger partial charge on any atom is 0.410 e. The fourth-order valence-electron chi connectivity index (χ4n) is 4.87. The Morgan fingerprint density at radius 3 is 2.50 bits per heavy atom. The molecule has 1 aromatic carbocycles. The van der Waals surface area contributed by atoms with Gasteiger partial charge in [0.1, 0.15) is 5.60 Å². The number of nitrogens with zero attached hydrogens (tertiary/aromatic N) is 5. The number of aromatic nitrogens is 3. The largest absolute Gasteiger partial charge is 0.444 e. The van der Waals surface area contributed by atoms with Crippen molar-refractivity contribution in [3.63, 3.8) is 0 Å².